The topological polar surface area (TPSA) is 136 Å². The van der Waals surface area contributed by atoms with Gasteiger partial charge in [0.15, 0.2) is 5.76 Å². The average Bonchev–Trinajstić information content (AvgIpc) is 3.50. The number of nitrogens with one attached hydrogen (secondary N) is 3. The minimum atomic E-state index is -0.334. The maximum atomic E-state index is 13.0. The Morgan fingerprint density at radius 1 is 1.12 bits per heavy atom. The highest BCUT2D eigenvalue weighted by Crippen LogP contribution is 2.32. The molecule has 4 rings (SSSR count). The van der Waals surface area contributed by atoms with Gasteiger partial charge < -0.3 is 29.7 Å². The monoisotopic (exact) mass is 462 g/mol. The average molecular weight is 463 g/mol. The number of hydrogen-bond acceptors (Lipinski definition) is 7. The third-order valence-corrected chi connectivity index (χ3v) is 5.45. The smallest absolute Gasteiger partial charge is 0.319 e. The van der Waals surface area contributed by atoms with Crippen molar-refractivity contribution >= 4 is 29.2 Å². The van der Waals surface area contributed by atoms with Crippen molar-refractivity contribution < 1.29 is 18.4 Å². The van der Waals surface area contributed by atoms with Crippen LogP contribution < -0.4 is 20.9 Å². The zero-order valence-corrected chi connectivity index (χ0v) is 19.0. The Kier molecular flexibility index (Phi) is 6.82. The highest BCUT2D eigenvalue weighted by Gasteiger charge is 2.29. The first-order chi connectivity index (χ1) is 16.4. The van der Waals surface area contributed by atoms with E-state index in [9.17, 15) is 14.9 Å². The molecule has 10 nitrogen and oxygen atoms in total. The van der Waals surface area contributed by atoms with Crippen LogP contribution in [0.1, 0.15) is 32.4 Å². The number of hydrogen-bond donors (Lipinski definition) is 3. The maximum Gasteiger partial charge on any atom is 0.319 e. The van der Waals surface area contributed by atoms with Crippen LogP contribution in [0.5, 0.6) is 0 Å². The SMILES string of the molecule is CC(C)NC(=O)Nc1ccccc1NC(=O)C1CCN(c2oc(-c3ccco3)nc2C#N)CC1. The zero-order valence-electron chi connectivity index (χ0n) is 19.0. The summed E-state index contributed by atoms with van der Waals surface area (Å²) in [5, 5.41) is 17.9. The molecule has 1 aliphatic rings. The van der Waals surface area contributed by atoms with Gasteiger partial charge in [-0.15, -0.1) is 0 Å². The minimum absolute atomic E-state index is 0.00647. The van der Waals surface area contributed by atoms with Crippen LogP contribution in [-0.4, -0.2) is 36.1 Å². The van der Waals surface area contributed by atoms with Gasteiger partial charge >= 0.3 is 6.03 Å². The predicted molar refractivity (Wildman–Crippen MR) is 126 cm³/mol. The van der Waals surface area contributed by atoms with E-state index in [4.69, 9.17) is 8.83 Å². The number of rotatable bonds is 6. The third-order valence-electron chi connectivity index (χ3n) is 5.45. The fourth-order valence-electron chi connectivity index (χ4n) is 3.81. The quantitative estimate of drug-likeness (QED) is 0.499. The molecule has 3 N–H and O–H groups in total. The first kappa shape index (κ1) is 22.9. The number of nitriles is 1. The lowest BCUT2D eigenvalue weighted by molar-refractivity contribution is -0.120. The molecule has 0 atom stereocenters. The van der Waals surface area contributed by atoms with Gasteiger partial charge in [0.05, 0.1) is 17.6 Å². The number of piperidine rings is 1. The number of para-hydroxylation sites is 2. The van der Waals surface area contributed by atoms with E-state index in [2.05, 4.69) is 27.0 Å². The molecule has 0 unspecified atom stereocenters. The van der Waals surface area contributed by atoms with Crippen molar-refractivity contribution in [3.63, 3.8) is 0 Å². The number of anilines is 3. The number of amides is 3. The fraction of sp³-hybridized carbons (Fsp3) is 0.333. The summed E-state index contributed by atoms with van der Waals surface area (Å²) in [4.78, 5) is 31.2. The second kappa shape index (κ2) is 10.1. The molecule has 0 aliphatic carbocycles. The number of oxazole rings is 1. The van der Waals surface area contributed by atoms with Crippen molar-refractivity contribution in [1.29, 1.82) is 5.26 Å². The van der Waals surface area contributed by atoms with Crippen molar-refractivity contribution in [1.82, 2.24) is 10.3 Å². The largest absolute Gasteiger partial charge is 0.459 e. The number of furan rings is 1. The minimum Gasteiger partial charge on any atom is -0.459 e. The summed E-state index contributed by atoms with van der Waals surface area (Å²) >= 11 is 0. The van der Waals surface area contributed by atoms with Gasteiger partial charge in [-0.05, 0) is 51.0 Å². The van der Waals surface area contributed by atoms with Gasteiger partial charge in [0.25, 0.3) is 5.89 Å². The van der Waals surface area contributed by atoms with Crippen molar-refractivity contribution in [2.45, 2.75) is 32.7 Å². The van der Waals surface area contributed by atoms with E-state index in [0.717, 1.165) is 0 Å². The number of carbonyl (C=O) groups excluding carboxylic acids is 2. The molecule has 0 bridgehead atoms. The summed E-state index contributed by atoms with van der Waals surface area (Å²) in [5.41, 5.74) is 1.25. The summed E-state index contributed by atoms with van der Waals surface area (Å²) in [6.45, 7) is 4.82. The van der Waals surface area contributed by atoms with Crippen LogP contribution >= 0.6 is 0 Å². The summed E-state index contributed by atoms with van der Waals surface area (Å²) in [7, 11) is 0. The van der Waals surface area contributed by atoms with E-state index in [1.165, 1.54) is 6.26 Å². The van der Waals surface area contributed by atoms with Crippen LogP contribution in [0.3, 0.4) is 0 Å². The van der Waals surface area contributed by atoms with E-state index in [-0.39, 0.29) is 35.5 Å². The molecule has 176 valence electrons. The predicted octanol–water partition coefficient (Wildman–Crippen LogP) is 4.19. The summed E-state index contributed by atoms with van der Waals surface area (Å²) in [6.07, 6.45) is 2.67. The molecule has 10 heteroatoms. The van der Waals surface area contributed by atoms with Crippen LogP contribution in [0.4, 0.5) is 22.1 Å². The van der Waals surface area contributed by atoms with Crippen molar-refractivity contribution in [3.05, 3.63) is 48.4 Å². The molecule has 1 saturated heterocycles. The Hall–Kier alpha value is -4.26. The van der Waals surface area contributed by atoms with Gasteiger partial charge in [-0.1, -0.05) is 12.1 Å². The number of carbonyl (C=O) groups is 2. The second-order valence-corrected chi connectivity index (χ2v) is 8.31. The Morgan fingerprint density at radius 2 is 1.82 bits per heavy atom. The zero-order chi connectivity index (χ0) is 24.1. The molecule has 1 aromatic carbocycles. The summed E-state index contributed by atoms with van der Waals surface area (Å²) < 4.78 is 11.1. The first-order valence-corrected chi connectivity index (χ1v) is 11.1. The number of nitrogens with zero attached hydrogens (tertiary/aromatic N) is 3. The van der Waals surface area contributed by atoms with Gasteiger partial charge in [0.2, 0.25) is 17.5 Å². The standard InChI is InChI=1S/C24H26N6O4/c1-15(2)26-24(32)29-18-7-4-3-6-17(18)27-21(31)16-9-11-30(12-10-16)23-19(14-25)28-22(34-23)20-8-5-13-33-20/h3-8,13,15-16H,9-12H2,1-2H3,(H,27,31)(H2,26,29,32). The van der Waals surface area contributed by atoms with Crippen LogP contribution in [0, 0.1) is 17.2 Å². The lowest BCUT2D eigenvalue weighted by Gasteiger charge is -2.31. The molecule has 0 radical (unpaired) electrons. The maximum absolute atomic E-state index is 13.0. The Bertz CT molecular complexity index is 1190. The van der Waals surface area contributed by atoms with E-state index in [0.29, 0.717) is 49.0 Å². The molecule has 2 aromatic heterocycles. The normalized spacial score (nSPS) is 14.0. The van der Waals surface area contributed by atoms with Crippen molar-refractivity contribution in [2.24, 2.45) is 5.92 Å². The molecule has 0 spiro atoms. The molecule has 3 amide bonds. The molecular weight excluding hydrogens is 436 g/mol. The lowest BCUT2D eigenvalue weighted by atomic mass is 9.95. The molecule has 1 aliphatic heterocycles. The summed E-state index contributed by atoms with van der Waals surface area (Å²) in [6, 6.07) is 12.2. The van der Waals surface area contributed by atoms with E-state index >= 15 is 0 Å². The van der Waals surface area contributed by atoms with Crippen molar-refractivity contribution in [2.75, 3.05) is 28.6 Å². The van der Waals surface area contributed by atoms with Crippen LogP contribution in [0.15, 0.2) is 51.5 Å². The van der Waals surface area contributed by atoms with E-state index in [1.807, 2.05) is 18.7 Å². The Balaban J connectivity index is 1.38. The third kappa shape index (κ3) is 5.20. The number of urea groups is 1. The highest BCUT2D eigenvalue weighted by atomic mass is 16.4. The van der Waals surface area contributed by atoms with Gasteiger partial charge in [-0.25, -0.2) is 4.79 Å². The van der Waals surface area contributed by atoms with Gasteiger partial charge in [0.1, 0.15) is 6.07 Å². The number of aromatic nitrogens is 1. The fourth-order valence-corrected chi connectivity index (χ4v) is 3.81. The van der Waals surface area contributed by atoms with Gasteiger partial charge in [-0.3, -0.25) is 4.79 Å². The second-order valence-electron chi connectivity index (χ2n) is 8.31. The Morgan fingerprint density at radius 3 is 2.44 bits per heavy atom. The lowest BCUT2D eigenvalue weighted by Crippen LogP contribution is -2.38. The molecule has 3 aromatic rings. The van der Waals surface area contributed by atoms with Crippen LogP contribution in [-0.2, 0) is 4.79 Å². The highest BCUT2D eigenvalue weighted by molar-refractivity contribution is 5.99. The van der Waals surface area contributed by atoms with Crippen LogP contribution in [0.25, 0.3) is 11.7 Å². The molecule has 1 fully saturated rings. The summed E-state index contributed by atoms with van der Waals surface area (Å²) in [5.74, 6) is 0.756. The molecule has 34 heavy (non-hydrogen) atoms. The van der Waals surface area contributed by atoms with Crippen molar-refractivity contribution in [3.8, 4) is 17.7 Å². The molecular formula is C24H26N6O4. The van der Waals surface area contributed by atoms with E-state index in [1.54, 1.807) is 36.4 Å². The van der Waals surface area contributed by atoms with E-state index < -0.39 is 0 Å². The van der Waals surface area contributed by atoms with Gasteiger partial charge in [0, 0.05) is 25.0 Å². The Labute approximate surface area is 196 Å². The van der Waals surface area contributed by atoms with Crippen LogP contribution in [0.2, 0.25) is 0 Å². The molecule has 0 saturated carbocycles. The number of benzene rings is 1. The van der Waals surface area contributed by atoms with Gasteiger partial charge in [-0.2, -0.15) is 10.2 Å². The first-order valence-electron chi connectivity index (χ1n) is 11.1. The molecule has 3 heterocycles.